The van der Waals surface area contributed by atoms with Crippen LogP contribution in [0, 0.1) is 11.3 Å². The van der Waals surface area contributed by atoms with Crippen molar-refractivity contribution in [1.82, 2.24) is 10.2 Å². The predicted octanol–water partition coefficient (Wildman–Crippen LogP) is 2.67. The lowest BCUT2D eigenvalue weighted by molar-refractivity contribution is -0.131. The average Bonchev–Trinajstić information content (AvgIpc) is 2.36. The van der Waals surface area contributed by atoms with Crippen LogP contribution in [0.3, 0.4) is 0 Å². The molecule has 1 aliphatic carbocycles. The highest BCUT2D eigenvalue weighted by molar-refractivity contribution is 5.77. The minimum Gasteiger partial charge on any atom is -0.368 e. The first kappa shape index (κ1) is 18.4. The minimum atomic E-state index is 0.00658. The second-order valence-corrected chi connectivity index (χ2v) is 7.63. The molecular formula is C17H34N2O2. The molecule has 3 atom stereocenters. The number of rotatable bonds is 7. The Balaban J connectivity index is 2.35. The first-order valence-corrected chi connectivity index (χ1v) is 8.28. The molecule has 21 heavy (non-hydrogen) atoms. The average molecular weight is 298 g/mol. The van der Waals surface area contributed by atoms with E-state index in [-0.39, 0.29) is 30.1 Å². The zero-order valence-corrected chi connectivity index (χ0v) is 14.7. The molecule has 0 spiro atoms. The Bertz CT molecular complexity index is 329. The third-order valence-electron chi connectivity index (χ3n) is 4.73. The van der Waals surface area contributed by atoms with Gasteiger partial charge >= 0.3 is 0 Å². The standard InChI is InChI=1S/C17H34N2O2/c1-13-9-7-8-10-15(13)21-11-16(20)18-14(2)17(3,4)12-19(5)6/h13-15H,7-12H2,1-6H3,(H,18,20)/t13-,14-,15-/m1/s1. The molecule has 1 amide bonds. The van der Waals surface area contributed by atoms with Gasteiger partial charge in [0.25, 0.3) is 0 Å². The summed E-state index contributed by atoms with van der Waals surface area (Å²) in [4.78, 5) is 14.2. The van der Waals surface area contributed by atoms with E-state index >= 15 is 0 Å². The van der Waals surface area contributed by atoms with E-state index < -0.39 is 0 Å². The van der Waals surface area contributed by atoms with Crippen molar-refractivity contribution < 1.29 is 9.53 Å². The van der Waals surface area contributed by atoms with E-state index in [1.165, 1.54) is 19.3 Å². The molecule has 0 aliphatic heterocycles. The maximum Gasteiger partial charge on any atom is 0.246 e. The molecule has 4 heteroatoms. The fourth-order valence-electron chi connectivity index (χ4n) is 3.14. The van der Waals surface area contributed by atoms with Crippen LogP contribution in [0.4, 0.5) is 0 Å². The Kier molecular flexibility index (Phi) is 7.14. The van der Waals surface area contributed by atoms with E-state index in [4.69, 9.17) is 4.74 Å². The maximum absolute atomic E-state index is 12.1. The van der Waals surface area contributed by atoms with Gasteiger partial charge < -0.3 is 15.0 Å². The van der Waals surface area contributed by atoms with Crippen LogP contribution in [0.5, 0.6) is 0 Å². The fraction of sp³-hybridized carbons (Fsp3) is 0.941. The zero-order valence-electron chi connectivity index (χ0n) is 14.7. The predicted molar refractivity (Wildman–Crippen MR) is 87.3 cm³/mol. The van der Waals surface area contributed by atoms with Gasteiger partial charge in [-0.15, -0.1) is 0 Å². The zero-order chi connectivity index (χ0) is 16.0. The van der Waals surface area contributed by atoms with Crippen molar-refractivity contribution in [2.24, 2.45) is 11.3 Å². The lowest BCUT2D eigenvalue weighted by atomic mass is 9.85. The Morgan fingerprint density at radius 2 is 1.95 bits per heavy atom. The highest BCUT2D eigenvalue weighted by atomic mass is 16.5. The van der Waals surface area contributed by atoms with Crippen molar-refractivity contribution in [1.29, 1.82) is 0 Å². The van der Waals surface area contributed by atoms with Gasteiger partial charge in [0.1, 0.15) is 6.61 Å². The lowest BCUT2D eigenvalue weighted by Gasteiger charge is -2.35. The molecule has 124 valence electrons. The molecule has 4 nitrogen and oxygen atoms in total. The molecule has 1 rings (SSSR count). The third kappa shape index (κ3) is 6.35. The van der Waals surface area contributed by atoms with E-state index in [2.05, 4.69) is 52.0 Å². The van der Waals surface area contributed by atoms with Crippen LogP contribution in [0.15, 0.2) is 0 Å². The SMILES string of the molecule is C[C@@H]1CCCC[C@H]1OCC(=O)N[C@H](C)C(C)(C)CN(C)C. The summed E-state index contributed by atoms with van der Waals surface area (Å²) in [5.41, 5.74) is 0.0390. The van der Waals surface area contributed by atoms with Gasteiger partial charge in [0.2, 0.25) is 5.91 Å². The molecule has 0 heterocycles. The number of hydrogen-bond donors (Lipinski definition) is 1. The fourth-order valence-corrected chi connectivity index (χ4v) is 3.14. The van der Waals surface area contributed by atoms with Crippen molar-refractivity contribution in [3.63, 3.8) is 0 Å². The number of carbonyl (C=O) groups excluding carboxylic acids is 1. The molecule has 0 unspecified atom stereocenters. The monoisotopic (exact) mass is 298 g/mol. The topological polar surface area (TPSA) is 41.6 Å². The van der Waals surface area contributed by atoms with Crippen LogP contribution >= 0.6 is 0 Å². The summed E-state index contributed by atoms with van der Waals surface area (Å²) in [6, 6.07) is 0.125. The summed E-state index contributed by atoms with van der Waals surface area (Å²) >= 11 is 0. The summed E-state index contributed by atoms with van der Waals surface area (Å²) in [7, 11) is 4.12. The van der Waals surface area contributed by atoms with Gasteiger partial charge in [0.15, 0.2) is 0 Å². The van der Waals surface area contributed by atoms with Gasteiger partial charge in [-0.3, -0.25) is 4.79 Å². The van der Waals surface area contributed by atoms with Crippen molar-refractivity contribution in [2.75, 3.05) is 27.2 Å². The van der Waals surface area contributed by atoms with E-state index in [0.29, 0.717) is 5.92 Å². The van der Waals surface area contributed by atoms with E-state index in [0.717, 1.165) is 13.0 Å². The molecular weight excluding hydrogens is 264 g/mol. The van der Waals surface area contributed by atoms with Gasteiger partial charge in [-0.1, -0.05) is 33.6 Å². The smallest absolute Gasteiger partial charge is 0.246 e. The molecule has 1 aliphatic rings. The van der Waals surface area contributed by atoms with Crippen molar-refractivity contribution in [2.45, 2.75) is 65.5 Å². The molecule has 1 saturated carbocycles. The summed E-state index contributed by atoms with van der Waals surface area (Å²) in [6.45, 7) is 9.80. The highest BCUT2D eigenvalue weighted by Crippen LogP contribution is 2.26. The highest BCUT2D eigenvalue weighted by Gasteiger charge is 2.28. The minimum absolute atomic E-state index is 0.00658. The normalized spacial score (nSPS) is 24.9. The van der Waals surface area contributed by atoms with Gasteiger partial charge in [-0.2, -0.15) is 0 Å². The Morgan fingerprint density at radius 1 is 1.33 bits per heavy atom. The summed E-state index contributed by atoms with van der Waals surface area (Å²) in [6.07, 6.45) is 5.09. The number of nitrogens with one attached hydrogen (secondary N) is 1. The Hall–Kier alpha value is -0.610. The molecule has 1 fully saturated rings. The molecule has 0 bridgehead atoms. The van der Waals surface area contributed by atoms with Crippen LogP contribution in [0.25, 0.3) is 0 Å². The molecule has 0 radical (unpaired) electrons. The van der Waals surface area contributed by atoms with Crippen molar-refractivity contribution >= 4 is 5.91 Å². The second-order valence-electron chi connectivity index (χ2n) is 7.63. The van der Waals surface area contributed by atoms with Crippen LogP contribution in [0.2, 0.25) is 0 Å². The molecule has 0 aromatic carbocycles. The largest absolute Gasteiger partial charge is 0.368 e. The quantitative estimate of drug-likeness (QED) is 0.785. The van der Waals surface area contributed by atoms with E-state index in [9.17, 15) is 4.79 Å². The summed E-state index contributed by atoms with van der Waals surface area (Å²) < 4.78 is 5.83. The maximum atomic E-state index is 12.1. The number of nitrogens with zero attached hydrogens (tertiary/aromatic N) is 1. The number of ether oxygens (including phenoxy) is 1. The number of carbonyl (C=O) groups is 1. The first-order valence-electron chi connectivity index (χ1n) is 8.28. The summed E-state index contributed by atoms with van der Waals surface area (Å²) in [5.74, 6) is 0.585. The van der Waals surface area contributed by atoms with Crippen molar-refractivity contribution in [3.05, 3.63) is 0 Å². The van der Waals surface area contributed by atoms with Crippen molar-refractivity contribution in [3.8, 4) is 0 Å². The van der Waals surface area contributed by atoms with Crippen LogP contribution in [-0.2, 0) is 9.53 Å². The van der Waals surface area contributed by atoms with E-state index in [1.807, 2.05) is 0 Å². The Morgan fingerprint density at radius 3 is 2.52 bits per heavy atom. The van der Waals surface area contributed by atoms with E-state index in [1.54, 1.807) is 0 Å². The van der Waals surface area contributed by atoms with Gasteiger partial charge in [-0.05, 0) is 45.2 Å². The molecule has 0 saturated heterocycles. The molecule has 0 aromatic rings. The third-order valence-corrected chi connectivity index (χ3v) is 4.73. The second kappa shape index (κ2) is 8.14. The van der Waals surface area contributed by atoms with Gasteiger partial charge in [0.05, 0.1) is 6.10 Å². The van der Waals surface area contributed by atoms with Gasteiger partial charge in [0, 0.05) is 12.6 Å². The lowest BCUT2D eigenvalue weighted by Crippen LogP contribution is -2.48. The van der Waals surface area contributed by atoms with Crippen LogP contribution in [0.1, 0.15) is 53.4 Å². The first-order chi connectivity index (χ1) is 9.72. The van der Waals surface area contributed by atoms with Crippen LogP contribution < -0.4 is 5.32 Å². The van der Waals surface area contributed by atoms with Crippen LogP contribution in [-0.4, -0.2) is 50.2 Å². The summed E-state index contributed by atoms with van der Waals surface area (Å²) in [5, 5.41) is 3.09. The molecule has 1 N–H and O–H groups in total. The molecule has 0 aromatic heterocycles. The Labute approximate surface area is 130 Å². The van der Waals surface area contributed by atoms with Gasteiger partial charge in [-0.25, -0.2) is 0 Å². The number of amides is 1. The number of hydrogen-bond acceptors (Lipinski definition) is 3.